The number of sulfonamides is 1. The van der Waals surface area contributed by atoms with Crippen LogP contribution in [-0.4, -0.2) is 50.1 Å². The van der Waals surface area contributed by atoms with Gasteiger partial charge in [-0.15, -0.1) is 0 Å². The number of nitrogen functional groups attached to an aromatic ring is 1. The SMILES string of the molecule is Cc1cc(S(=O)(=O)NCC(=O)N2CCC[C@H]2C(=O)NCc2ccc(C(=N)N)cc2)c(Cl)cc1Cl. The van der Waals surface area contributed by atoms with Crippen LogP contribution in [0.5, 0.6) is 0 Å². The van der Waals surface area contributed by atoms with Gasteiger partial charge in [-0.3, -0.25) is 15.0 Å². The Kier molecular flexibility index (Phi) is 8.19. The first-order valence-corrected chi connectivity index (χ1v) is 12.7. The molecule has 0 aliphatic carbocycles. The Labute approximate surface area is 208 Å². The molecule has 1 atom stereocenters. The molecule has 182 valence electrons. The number of nitrogens with one attached hydrogen (secondary N) is 3. The van der Waals surface area contributed by atoms with Gasteiger partial charge in [-0.2, -0.15) is 0 Å². The van der Waals surface area contributed by atoms with Crippen LogP contribution in [0.4, 0.5) is 0 Å². The highest BCUT2D eigenvalue weighted by Gasteiger charge is 2.34. The van der Waals surface area contributed by atoms with Gasteiger partial charge in [0.1, 0.15) is 16.8 Å². The first-order valence-electron chi connectivity index (χ1n) is 10.5. The quantitative estimate of drug-likeness (QED) is 0.308. The molecule has 0 spiro atoms. The van der Waals surface area contributed by atoms with E-state index in [-0.39, 0.29) is 28.2 Å². The van der Waals surface area contributed by atoms with Gasteiger partial charge in [0.2, 0.25) is 21.8 Å². The van der Waals surface area contributed by atoms with E-state index in [1.165, 1.54) is 17.0 Å². The van der Waals surface area contributed by atoms with Gasteiger partial charge in [0.25, 0.3) is 0 Å². The molecule has 3 rings (SSSR count). The minimum atomic E-state index is -4.06. The molecule has 34 heavy (non-hydrogen) atoms. The summed E-state index contributed by atoms with van der Waals surface area (Å²) in [6, 6.07) is 8.89. The number of nitrogens with zero attached hydrogens (tertiary/aromatic N) is 1. The van der Waals surface area contributed by atoms with E-state index in [2.05, 4.69) is 10.0 Å². The number of halogens is 2. The number of benzene rings is 2. The molecule has 2 aromatic rings. The van der Waals surface area contributed by atoms with E-state index >= 15 is 0 Å². The molecule has 0 unspecified atom stereocenters. The number of carbonyl (C=O) groups excluding carboxylic acids is 2. The fourth-order valence-corrected chi connectivity index (χ4v) is 5.42. The third-order valence-electron chi connectivity index (χ3n) is 5.52. The van der Waals surface area contributed by atoms with Gasteiger partial charge in [0, 0.05) is 23.7 Å². The van der Waals surface area contributed by atoms with E-state index in [9.17, 15) is 18.0 Å². The van der Waals surface area contributed by atoms with Crippen LogP contribution in [0.2, 0.25) is 10.0 Å². The number of amides is 2. The minimum Gasteiger partial charge on any atom is -0.384 e. The highest BCUT2D eigenvalue weighted by Crippen LogP contribution is 2.28. The molecule has 0 saturated carbocycles. The van der Waals surface area contributed by atoms with Gasteiger partial charge in [0.05, 0.1) is 11.6 Å². The van der Waals surface area contributed by atoms with Gasteiger partial charge in [-0.1, -0.05) is 47.5 Å². The highest BCUT2D eigenvalue weighted by atomic mass is 35.5. The summed E-state index contributed by atoms with van der Waals surface area (Å²) in [4.78, 5) is 26.7. The lowest BCUT2D eigenvalue weighted by atomic mass is 10.1. The molecule has 12 heteroatoms. The molecular weight excluding hydrogens is 501 g/mol. The fraction of sp³-hybridized carbons (Fsp3) is 0.318. The molecule has 9 nitrogen and oxygen atoms in total. The van der Waals surface area contributed by atoms with E-state index in [1.807, 2.05) is 0 Å². The molecule has 5 N–H and O–H groups in total. The summed E-state index contributed by atoms with van der Waals surface area (Å²) in [5, 5.41) is 10.5. The van der Waals surface area contributed by atoms with Crippen molar-refractivity contribution < 1.29 is 18.0 Å². The van der Waals surface area contributed by atoms with Crippen molar-refractivity contribution in [3.63, 3.8) is 0 Å². The molecule has 1 saturated heterocycles. The Bertz CT molecular complexity index is 1220. The van der Waals surface area contributed by atoms with Crippen LogP contribution in [0.1, 0.15) is 29.5 Å². The lowest BCUT2D eigenvalue weighted by Crippen LogP contribution is -2.48. The number of likely N-dealkylation sites (tertiary alicyclic amines) is 1. The minimum absolute atomic E-state index is 0.0419. The Hall–Kier alpha value is -2.66. The Morgan fingerprint density at radius 3 is 2.50 bits per heavy atom. The smallest absolute Gasteiger partial charge is 0.243 e. The van der Waals surface area contributed by atoms with Gasteiger partial charge in [-0.05, 0) is 43.0 Å². The number of hydrogen-bond acceptors (Lipinski definition) is 5. The number of aryl methyl sites for hydroxylation is 1. The third-order valence-corrected chi connectivity index (χ3v) is 7.80. The summed E-state index contributed by atoms with van der Waals surface area (Å²) in [6.07, 6.45) is 1.11. The second kappa shape index (κ2) is 10.7. The number of carbonyl (C=O) groups is 2. The van der Waals surface area contributed by atoms with Crippen molar-refractivity contribution >= 4 is 50.9 Å². The molecule has 2 amide bonds. The van der Waals surface area contributed by atoms with E-state index < -0.39 is 28.5 Å². The van der Waals surface area contributed by atoms with Gasteiger partial charge < -0.3 is 16.0 Å². The molecule has 1 aliphatic rings. The van der Waals surface area contributed by atoms with Crippen LogP contribution in [-0.2, 0) is 26.2 Å². The number of amidine groups is 1. The van der Waals surface area contributed by atoms with Crippen LogP contribution in [0.25, 0.3) is 0 Å². The van der Waals surface area contributed by atoms with Gasteiger partial charge >= 0.3 is 0 Å². The molecule has 0 bridgehead atoms. The predicted octanol–water partition coefficient (Wildman–Crippen LogP) is 2.17. The van der Waals surface area contributed by atoms with Crippen molar-refractivity contribution in [2.24, 2.45) is 5.73 Å². The molecule has 0 radical (unpaired) electrons. The van der Waals surface area contributed by atoms with E-state index in [0.29, 0.717) is 35.5 Å². The maximum absolute atomic E-state index is 12.8. The van der Waals surface area contributed by atoms with Crippen LogP contribution in [0, 0.1) is 12.3 Å². The van der Waals surface area contributed by atoms with E-state index in [4.69, 9.17) is 34.3 Å². The zero-order valence-electron chi connectivity index (χ0n) is 18.4. The average molecular weight is 526 g/mol. The lowest BCUT2D eigenvalue weighted by Gasteiger charge is -2.24. The van der Waals surface area contributed by atoms with Crippen molar-refractivity contribution in [2.75, 3.05) is 13.1 Å². The summed E-state index contributed by atoms with van der Waals surface area (Å²) in [5.41, 5.74) is 7.37. The average Bonchev–Trinajstić information content (AvgIpc) is 3.28. The monoisotopic (exact) mass is 525 g/mol. The maximum atomic E-state index is 12.8. The molecule has 0 aromatic heterocycles. The summed E-state index contributed by atoms with van der Waals surface area (Å²) in [6.45, 7) is 1.74. The molecular formula is C22H25Cl2N5O4S. The highest BCUT2D eigenvalue weighted by molar-refractivity contribution is 7.89. The first-order chi connectivity index (χ1) is 16.0. The Balaban J connectivity index is 1.59. The summed E-state index contributed by atoms with van der Waals surface area (Å²) in [7, 11) is -4.06. The van der Waals surface area contributed by atoms with Crippen LogP contribution >= 0.6 is 23.2 Å². The fourth-order valence-electron chi connectivity index (χ4n) is 3.62. The second-order valence-electron chi connectivity index (χ2n) is 7.93. The van der Waals surface area contributed by atoms with Crippen molar-refractivity contribution in [2.45, 2.75) is 37.2 Å². The van der Waals surface area contributed by atoms with Crippen molar-refractivity contribution in [3.05, 3.63) is 63.1 Å². The summed E-state index contributed by atoms with van der Waals surface area (Å²) >= 11 is 12.0. The van der Waals surface area contributed by atoms with E-state index in [0.717, 1.165) is 5.56 Å². The standard InChI is InChI=1S/C22H25Cl2N5O4S/c1-13-9-19(17(24)10-16(13)23)34(32,33)28-12-20(30)29-8-2-3-18(29)22(31)27-11-14-4-6-15(7-5-14)21(25)26/h4-7,9-10,18,28H,2-3,8,11-12H2,1H3,(H3,25,26)(H,27,31)/t18-/m0/s1. The number of hydrogen-bond donors (Lipinski definition) is 4. The lowest BCUT2D eigenvalue weighted by molar-refractivity contribution is -0.137. The Morgan fingerprint density at radius 2 is 1.85 bits per heavy atom. The molecule has 2 aromatic carbocycles. The maximum Gasteiger partial charge on any atom is 0.243 e. The molecule has 1 fully saturated rings. The Morgan fingerprint density at radius 1 is 1.18 bits per heavy atom. The second-order valence-corrected chi connectivity index (χ2v) is 10.5. The van der Waals surface area contributed by atoms with Crippen molar-refractivity contribution in [1.29, 1.82) is 5.41 Å². The zero-order valence-corrected chi connectivity index (χ0v) is 20.7. The topological polar surface area (TPSA) is 145 Å². The van der Waals surface area contributed by atoms with Crippen LogP contribution in [0.3, 0.4) is 0 Å². The van der Waals surface area contributed by atoms with Crippen LogP contribution < -0.4 is 15.8 Å². The molecule has 1 aliphatic heterocycles. The predicted molar refractivity (Wildman–Crippen MR) is 130 cm³/mol. The van der Waals surface area contributed by atoms with E-state index in [1.54, 1.807) is 31.2 Å². The largest absolute Gasteiger partial charge is 0.384 e. The van der Waals surface area contributed by atoms with Crippen LogP contribution in [0.15, 0.2) is 41.3 Å². The summed E-state index contributed by atoms with van der Waals surface area (Å²) < 4.78 is 27.6. The van der Waals surface area contributed by atoms with Crippen molar-refractivity contribution in [3.8, 4) is 0 Å². The first kappa shape index (κ1) is 26.0. The summed E-state index contributed by atoms with van der Waals surface area (Å²) in [5.74, 6) is -0.866. The number of nitrogens with two attached hydrogens (primary N) is 1. The van der Waals surface area contributed by atoms with Gasteiger partial charge in [0.15, 0.2) is 0 Å². The number of rotatable bonds is 8. The third kappa shape index (κ3) is 6.06. The normalized spacial score (nSPS) is 15.9. The molecule has 1 heterocycles. The van der Waals surface area contributed by atoms with Gasteiger partial charge in [-0.25, -0.2) is 13.1 Å². The van der Waals surface area contributed by atoms with Crippen molar-refractivity contribution in [1.82, 2.24) is 14.9 Å². The zero-order chi connectivity index (χ0) is 25.0.